The number of hydrogen-bond acceptors (Lipinski definition) is 7. The van der Waals surface area contributed by atoms with Crippen molar-refractivity contribution in [3.8, 4) is 0 Å². The average Bonchev–Trinajstić information content (AvgIpc) is 2.79. The van der Waals surface area contributed by atoms with Crippen molar-refractivity contribution in [2.45, 2.75) is 4.34 Å². The van der Waals surface area contributed by atoms with Gasteiger partial charge in [-0.3, -0.25) is 0 Å². The Balaban J connectivity index is 1.67. The van der Waals surface area contributed by atoms with Crippen LogP contribution in [0.25, 0.3) is 10.2 Å². The Kier molecular flexibility index (Phi) is 3.67. The molecule has 96 valence electrons. The number of benzene rings is 1. The molecule has 2 aromatic rings. The van der Waals surface area contributed by atoms with Gasteiger partial charge in [0, 0.05) is 30.7 Å². The number of nitrogens with one attached hydrogen (secondary N) is 1. The molecule has 0 spiro atoms. The van der Waals surface area contributed by atoms with Crippen molar-refractivity contribution in [2.24, 2.45) is 0 Å². The lowest BCUT2D eigenvalue weighted by Gasteiger charge is -2.25. The lowest BCUT2D eigenvalue weighted by atomic mass is 10.3. The van der Waals surface area contributed by atoms with Gasteiger partial charge in [0.1, 0.15) is 0 Å². The molecule has 1 saturated heterocycles. The molecule has 5 nitrogen and oxygen atoms in total. The standard InChI is InChI=1S/C11H14N4OS2/c12-8-1-2-9-10(7-8)17-11(13-9)18-14-15-3-5-16-6-4-15/h1-2,7,14H,3-6,12H2. The van der Waals surface area contributed by atoms with Crippen LogP contribution in [0.15, 0.2) is 22.5 Å². The highest BCUT2D eigenvalue weighted by atomic mass is 32.2. The van der Waals surface area contributed by atoms with Crippen molar-refractivity contribution in [3.05, 3.63) is 18.2 Å². The lowest BCUT2D eigenvalue weighted by molar-refractivity contribution is 0.0290. The van der Waals surface area contributed by atoms with Crippen molar-refractivity contribution >= 4 is 39.2 Å². The highest BCUT2D eigenvalue weighted by Gasteiger charge is 2.11. The van der Waals surface area contributed by atoms with E-state index in [1.165, 1.54) is 0 Å². The van der Waals surface area contributed by atoms with Gasteiger partial charge in [-0.25, -0.2) is 9.99 Å². The topological polar surface area (TPSA) is 63.4 Å². The van der Waals surface area contributed by atoms with Gasteiger partial charge in [0.2, 0.25) is 0 Å². The maximum atomic E-state index is 5.76. The molecule has 2 heterocycles. The lowest BCUT2D eigenvalue weighted by Crippen LogP contribution is -2.42. The van der Waals surface area contributed by atoms with Crippen LogP contribution in [0.5, 0.6) is 0 Å². The summed E-state index contributed by atoms with van der Waals surface area (Å²) in [6, 6.07) is 5.80. The van der Waals surface area contributed by atoms with Crippen molar-refractivity contribution in [1.82, 2.24) is 14.8 Å². The number of aromatic nitrogens is 1. The summed E-state index contributed by atoms with van der Waals surface area (Å²) < 4.78 is 7.42. The first-order valence-electron chi connectivity index (χ1n) is 5.72. The Hall–Kier alpha value is -0.860. The minimum Gasteiger partial charge on any atom is -0.399 e. The molecule has 1 aromatic carbocycles. The van der Waals surface area contributed by atoms with E-state index >= 15 is 0 Å². The summed E-state index contributed by atoms with van der Waals surface area (Å²) >= 11 is 3.20. The Morgan fingerprint density at radius 2 is 2.22 bits per heavy atom. The number of nitrogens with zero attached hydrogens (tertiary/aromatic N) is 2. The van der Waals surface area contributed by atoms with Crippen LogP contribution in [0.4, 0.5) is 5.69 Å². The van der Waals surface area contributed by atoms with Gasteiger partial charge in [-0.1, -0.05) is 0 Å². The third-order valence-corrected chi connectivity index (χ3v) is 4.59. The molecular formula is C11H14N4OS2. The predicted octanol–water partition coefficient (Wildman–Crippen LogP) is 1.72. The van der Waals surface area contributed by atoms with E-state index in [0.717, 1.165) is 46.5 Å². The van der Waals surface area contributed by atoms with Gasteiger partial charge in [0.15, 0.2) is 4.34 Å². The second-order valence-electron chi connectivity index (χ2n) is 4.00. The highest BCUT2D eigenvalue weighted by Crippen LogP contribution is 2.29. The molecule has 1 aromatic heterocycles. The second kappa shape index (κ2) is 5.41. The quantitative estimate of drug-likeness (QED) is 0.660. The third-order valence-electron chi connectivity index (χ3n) is 2.67. The van der Waals surface area contributed by atoms with Crippen LogP contribution in [0.1, 0.15) is 0 Å². The van der Waals surface area contributed by atoms with E-state index in [1.807, 2.05) is 18.2 Å². The number of fused-ring (bicyclic) bond motifs is 1. The Morgan fingerprint density at radius 1 is 1.39 bits per heavy atom. The molecule has 0 aliphatic carbocycles. The van der Waals surface area contributed by atoms with Gasteiger partial charge in [-0.15, -0.1) is 11.3 Å². The minimum absolute atomic E-state index is 0.781. The number of ether oxygens (including phenoxy) is 1. The monoisotopic (exact) mass is 282 g/mol. The summed E-state index contributed by atoms with van der Waals surface area (Å²) in [5, 5.41) is 2.15. The van der Waals surface area contributed by atoms with E-state index in [0.29, 0.717) is 0 Å². The van der Waals surface area contributed by atoms with Crippen LogP contribution < -0.4 is 10.6 Å². The molecule has 1 aliphatic rings. The van der Waals surface area contributed by atoms with Crippen LogP contribution in [-0.2, 0) is 4.74 Å². The van der Waals surface area contributed by atoms with E-state index in [2.05, 4.69) is 14.8 Å². The fourth-order valence-corrected chi connectivity index (χ4v) is 3.55. The van der Waals surface area contributed by atoms with Crippen LogP contribution in [0.2, 0.25) is 0 Å². The van der Waals surface area contributed by atoms with E-state index in [1.54, 1.807) is 23.3 Å². The molecule has 0 atom stereocenters. The number of nitrogens with two attached hydrogens (primary N) is 1. The summed E-state index contributed by atoms with van der Waals surface area (Å²) in [5.41, 5.74) is 7.54. The van der Waals surface area contributed by atoms with Gasteiger partial charge >= 0.3 is 0 Å². The SMILES string of the molecule is Nc1ccc2nc(SNN3CCOCC3)sc2c1. The largest absolute Gasteiger partial charge is 0.399 e. The van der Waals surface area contributed by atoms with E-state index in [9.17, 15) is 0 Å². The molecule has 3 N–H and O–H groups in total. The minimum atomic E-state index is 0.781. The van der Waals surface area contributed by atoms with Crippen LogP contribution in [-0.4, -0.2) is 36.3 Å². The maximum absolute atomic E-state index is 5.76. The number of hydrogen-bond donors (Lipinski definition) is 2. The molecule has 7 heteroatoms. The van der Waals surface area contributed by atoms with E-state index < -0.39 is 0 Å². The zero-order chi connectivity index (χ0) is 12.4. The van der Waals surface area contributed by atoms with Gasteiger partial charge in [-0.2, -0.15) is 4.83 Å². The number of anilines is 1. The number of morpholine rings is 1. The van der Waals surface area contributed by atoms with Gasteiger partial charge in [-0.05, 0) is 18.2 Å². The molecule has 0 saturated carbocycles. The first kappa shape index (κ1) is 12.2. The highest BCUT2D eigenvalue weighted by molar-refractivity contribution is 7.99. The number of rotatable bonds is 3. The molecule has 0 unspecified atom stereocenters. The van der Waals surface area contributed by atoms with Gasteiger partial charge in [0.05, 0.1) is 23.4 Å². The number of nitrogen functional groups attached to an aromatic ring is 1. The van der Waals surface area contributed by atoms with E-state index in [-0.39, 0.29) is 0 Å². The van der Waals surface area contributed by atoms with Gasteiger partial charge < -0.3 is 10.5 Å². The normalized spacial score (nSPS) is 17.3. The summed E-state index contributed by atoms with van der Waals surface area (Å²) in [4.78, 5) is 7.84. The average molecular weight is 282 g/mol. The zero-order valence-electron chi connectivity index (χ0n) is 9.76. The molecule has 1 aliphatic heterocycles. The van der Waals surface area contributed by atoms with Crippen molar-refractivity contribution < 1.29 is 4.74 Å². The first-order chi connectivity index (χ1) is 8.81. The number of hydrazine groups is 1. The predicted molar refractivity (Wildman–Crippen MR) is 75.4 cm³/mol. The summed E-state index contributed by atoms with van der Waals surface area (Å²) in [6.07, 6.45) is 0. The fraction of sp³-hybridized carbons (Fsp3) is 0.364. The van der Waals surface area contributed by atoms with Crippen LogP contribution >= 0.6 is 23.3 Å². The fourth-order valence-electron chi connectivity index (χ4n) is 1.72. The Morgan fingerprint density at radius 3 is 3.06 bits per heavy atom. The summed E-state index contributed by atoms with van der Waals surface area (Å²) in [5.74, 6) is 0. The maximum Gasteiger partial charge on any atom is 0.167 e. The molecule has 0 bridgehead atoms. The van der Waals surface area contributed by atoms with Crippen molar-refractivity contribution in [1.29, 1.82) is 0 Å². The van der Waals surface area contributed by atoms with E-state index in [4.69, 9.17) is 10.5 Å². The van der Waals surface area contributed by atoms with Crippen LogP contribution in [0.3, 0.4) is 0 Å². The smallest absolute Gasteiger partial charge is 0.167 e. The molecule has 0 radical (unpaired) electrons. The van der Waals surface area contributed by atoms with Crippen molar-refractivity contribution in [3.63, 3.8) is 0 Å². The third kappa shape index (κ3) is 2.76. The van der Waals surface area contributed by atoms with Gasteiger partial charge in [0.25, 0.3) is 0 Å². The molecular weight excluding hydrogens is 268 g/mol. The Bertz CT molecular complexity index is 539. The molecule has 3 rings (SSSR count). The summed E-state index contributed by atoms with van der Waals surface area (Å²) in [6.45, 7) is 3.38. The number of thiazole rings is 1. The molecule has 0 amide bonds. The van der Waals surface area contributed by atoms with Crippen LogP contribution in [0, 0.1) is 0 Å². The molecule has 18 heavy (non-hydrogen) atoms. The summed E-state index contributed by atoms with van der Waals surface area (Å²) in [7, 11) is 0. The first-order valence-corrected chi connectivity index (χ1v) is 7.36. The van der Waals surface area contributed by atoms with Crippen molar-refractivity contribution in [2.75, 3.05) is 32.0 Å². The second-order valence-corrected chi connectivity index (χ2v) is 6.06. The zero-order valence-corrected chi connectivity index (χ0v) is 11.4. The molecule has 1 fully saturated rings. The Labute approximate surface area is 113 Å².